The second-order valence-electron chi connectivity index (χ2n) is 7.85. The molecule has 0 radical (unpaired) electrons. The number of hydrogen-bond acceptors (Lipinski definition) is 7. The molecule has 2 atom stereocenters. The number of aromatic hydroxyl groups is 1. The lowest BCUT2D eigenvalue weighted by atomic mass is 10.1. The number of nitro groups is 1. The summed E-state index contributed by atoms with van der Waals surface area (Å²) in [6, 6.07) is 12.4. The standard InChI is InChI=1S/C22H23N5O4/c1-13-11-26(12-14(2)24-13)16-5-3-15(4-6-16)23-10-20-19-9-17(27(30)31)7-8-18(19)21(28)25-22(20)29/h3-10,13-14,24H,11-12H2,1-2H3,(H2,25,28,29). The highest BCUT2D eigenvalue weighted by Gasteiger charge is 2.21. The van der Waals surface area contributed by atoms with Crippen LogP contribution in [0.25, 0.3) is 10.8 Å². The molecule has 0 bridgehead atoms. The van der Waals surface area contributed by atoms with Crippen molar-refractivity contribution in [3.05, 3.63) is 68.5 Å². The van der Waals surface area contributed by atoms with Gasteiger partial charge in [0.05, 0.1) is 16.2 Å². The summed E-state index contributed by atoms with van der Waals surface area (Å²) >= 11 is 0. The summed E-state index contributed by atoms with van der Waals surface area (Å²) in [5.74, 6) is -0.387. The Morgan fingerprint density at radius 1 is 1.13 bits per heavy atom. The molecular formula is C22H23N5O4. The van der Waals surface area contributed by atoms with Crippen LogP contribution in [0.4, 0.5) is 17.1 Å². The van der Waals surface area contributed by atoms with Crippen LogP contribution in [-0.2, 0) is 0 Å². The molecule has 4 rings (SSSR count). The number of rotatable bonds is 4. The molecule has 1 aromatic heterocycles. The summed E-state index contributed by atoms with van der Waals surface area (Å²) in [5.41, 5.74) is 1.28. The van der Waals surface area contributed by atoms with Gasteiger partial charge in [-0.1, -0.05) is 0 Å². The average Bonchev–Trinajstić information content (AvgIpc) is 2.73. The molecule has 0 amide bonds. The number of aromatic amines is 1. The van der Waals surface area contributed by atoms with Crippen molar-refractivity contribution in [3.8, 4) is 5.88 Å². The number of anilines is 1. The molecule has 0 spiro atoms. The van der Waals surface area contributed by atoms with E-state index in [1.54, 1.807) is 0 Å². The summed E-state index contributed by atoms with van der Waals surface area (Å²) in [6.07, 6.45) is 1.40. The first-order valence-electron chi connectivity index (χ1n) is 10.0. The highest BCUT2D eigenvalue weighted by molar-refractivity contribution is 6.02. The van der Waals surface area contributed by atoms with Crippen molar-refractivity contribution >= 4 is 34.0 Å². The van der Waals surface area contributed by atoms with Crippen molar-refractivity contribution in [2.45, 2.75) is 25.9 Å². The maximum absolute atomic E-state index is 12.1. The molecule has 160 valence electrons. The Morgan fingerprint density at radius 2 is 1.81 bits per heavy atom. The van der Waals surface area contributed by atoms with Crippen LogP contribution < -0.4 is 15.8 Å². The van der Waals surface area contributed by atoms with Crippen LogP contribution in [0.1, 0.15) is 19.4 Å². The SMILES string of the molecule is CC1CN(c2ccc(N=Cc3c(O)[nH]c(=O)c4ccc([N+](=O)[O-])cc34)cc2)CC(C)N1. The van der Waals surface area contributed by atoms with E-state index in [1.165, 1.54) is 24.4 Å². The molecule has 1 aliphatic rings. The fourth-order valence-electron chi connectivity index (χ4n) is 3.99. The van der Waals surface area contributed by atoms with Gasteiger partial charge >= 0.3 is 0 Å². The molecule has 9 nitrogen and oxygen atoms in total. The monoisotopic (exact) mass is 421 g/mol. The number of nitrogens with zero attached hydrogens (tertiary/aromatic N) is 3. The van der Waals surface area contributed by atoms with Crippen molar-refractivity contribution in [1.82, 2.24) is 10.3 Å². The number of H-pyrrole nitrogens is 1. The van der Waals surface area contributed by atoms with E-state index < -0.39 is 10.5 Å². The van der Waals surface area contributed by atoms with Crippen LogP contribution in [0.5, 0.6) is 5.88 Å². The molecular weight excluding hydrogens is 398 g/mol. The van der Waals surface area contributed by atoms with Gasteiger partial charge in [0.25, 0.3) is 11.2 Å². The zero-order valence-electron chi connectivity index (χ0n) is 17.2. The topological polar surface area (TPSA) is 124 Å². The van der Waals surface area contributed by atoms with E-state index in [0.29, 0.717) is 17.8 Å². The van der Waals surface area contributed by atoms with Gasteiger partial charge in [0.1, 0.15) is 0 Å². The number of fused-ring (bicyclic) bond motifs is 1. The predicted octanol–water partition coefficient (Wildman–Crippen LogP) is 3.08. The molecule has 1 aliphatic heterocycles. The molecule has 3 aromatic rings. The lowest BCUT2D eigenvalue weighted by molar-refractivity contribution is -0.384. The van der Waals surface area contributed by atoms with Gasteiger partial charge in [-0.25, -0.2) is 0 Å². The zero-order chi connectivity index (χ0) is 22.1. The second-order valence-corrected chi connectivity index (χ2v) is 7.85. The number of aromatic nitrogens is 1. The fraction of sp³-hybridized carbons (Fsp3) is 0.273. The summed E-state index contributed by atoms with van der Waals surface area (Å²) in [7, 11) is 0. The first-order valence-corrected chi connectivity index (χ1v) is 10.0. The number of piperazine rings is 1. The van der Waals surface area contributed by atoms with Gasteiger partial charge in [0.2, 0.25) is 5.88 Å². The number of aliphatic imine (C=N–C) groups is 1. The maximum atomic E-state index is 12.1. The molecule has 31 heavy (non-hydrogen) atoms. The molecule has 1 saturated heterocycles. The van der Waals surface area contributed by atoms with E-state index in [0.717, 1.165) is 18.8 Å². The van der Waals surface area contributed by atoms with Crippen molar-refractivity contribution in [2.24, 2.45) is 4.99 Å². The van der Waals surface area contributed by atoms with Crippen LogP contribution in [0.15, 0.2) is 52.3 Å². The molecule has 9 heteroatoms. The van der Waals surface area contributed by atoms with Gasteiger partial charge in [0.15, 0.2) is 0 Å². The van der Waals surface area contributed by atoms with Gasteiger partial charge in [0, 0.05) is 60.0 Å². The van der Waals surface area contributed by atoms with Crippen LogP contribution in [-0.4, -0.2) is 46.4 Å². The molecule has 0 saturated carbocycles. The van der Waals surface area contributed by atoms with Crippen molar-refractivity contribution in [2.75, 3.05) is 18.0 Å². The lowest BCUT2D eigenvalue weighted by Gasteiger charge is -2.37. The quantitative estimate of drug-likeness (QED) is 0.338. The molecule has 3 N–H and O–H groups in total. The Hall–Kier alpha value is -3.72. The fourth-order valence-corrected chi connectivity index (χ4v) is 3.99. The summed E-state index contributed by atoms with van der Waals surface area (Å²) in [4.78, 5) is 31.8. The second kappa shape index (κ2) is 8.19. The van der Waals surface area contributed by atoms with Crippen LogP contribution in [0, 0.1) is 10.1 Å². The highest BCUT2D eigenvalue weighted by atomic mass is 16.6. The summed E-state index contributed by atoms with van der Waals surface area (Å²) in [5, 5.41) is 25.4. The zero-order valence-corrected chi connectivity index (χ0v) is 17.2. The number of nitrogens with one attached hydrogen (secondary N) is 2. The average molecular weight is 421 g/mol. The van der Waals surface area contributed by atoms with E-state index in [9.17, 15) is 20.0 Å². The number of pyridine rings is 1. The molecule has 2 aromatic carbocycles. The Morgan fingerprint density at radius 3 is 2.45 bits per heavy atom. The molecule has 2 heterocycles. The maximum Gasteiger partial charge on any atom is 0.270 e. The Balaban J connectivity index is 1.64. The van der Waals surface area contributed by atoms with Gasteiger partial charge in [-0.15, -0.1) is 0 Å². The third-order valence-electron chi connectivity index (χ3n) is 5.35. The third-order valence-corrected chi connectivity index (χ3v) is 5.35. The molecule has 1 fully saturated rings. The van der Waals surface area contributed by atoms with E-state index in [2.05, 4.69) is 34.0 Å². The van der Waals surface area contributed by atoms with Crippen molar-refractivity contribution in [1.29, 1.82) is 0 Å². The largest absolute Gasteiger partial charge is 0.494 e. The van der Waals surface area contributed by atoms with E-state index in [1.807, 2.05) is 24.3 Å². The normalized spacial score (nSPS) is 19.2. The number of hydrogen-bond donors (Lipinski definition) is 3. The Bertz CT molecular complexity index is 1210. The number of nitro benzene ring substituents is 1. The van der Waals surface area contributed by atoms with E-state index in [4.69, 9.17) is 0 Å². The minimum absolute atomic E-state index is 0.170. The van der Waals surface area contributed by atoms with Crippen LogP contribution >= 0.6 is 0 Å². The predicted molar refractivity (Wildman–Crippen MR) is 121 cm³/mol. The van der Waals surface area contributed by atoms with E-state index >= 15 is 0 Å². The lowest BCUT2D eigenvalue weighted by Crippen LogP contribution is -2.54. The van der Waals surface area contributed by atoms with Crippen molar-refractivity contribution < 1.29 is 10.0 Å². The van der Waals surface area contributed by atoms with Gasteiger partial charge in [-0.2, -0.15) is 0 Å². The summed E-state index contributed by atoms with van der Waals surface area (Å²) < 4.78 is 0. The van der Waals surface area contributed by atoms with Gasteiger partial charge in [-0.05, 0) is 44.2 Å². The molecule has 0 aliphatic carbocycles. The molecule has 2 unspecified atom stereocenters. The van der Waals surface area contributed by atoms with Crippen LogP contribution in [0.2, 0.25) is 0 Å². The number of non-ortho nitro benzene ring substituents is 1. The van der Waals surface area contributed by atoms with Crippen LogP contribution in [0.3, 0.4) is 0 Å². The minimum Gasteiger partial charge on any atom is -0.494 e. The first kappa shape index (κ1) is 20.5. The smallest absolute Gasteiger partial charge is 0.270 e. The Labute approximate surface area is 178 Å². The van der Waals surface area contributed by atoms with Gasteiger partial charge in [-0.3, -0.25) is 24.9 Å². The highest BCUT2D eigenvalue weighted by Crippen LogP contribution is 2.26. The third kappa shape index (κ3) is 4.26. The van der Waals surface area contributed by atoms with E-state index in [-0.39, 0.29) is 27.9 Å². The summed E-state index contributed by atoms with van der Waals surface area (Å²) in [6.45, 7) is 6.16. The number of benzene rings is 2. The van der Waals surface area contributed by atoms with Gasteiger partial charge < -0.3 is 15.3 Å². The first-order chi connectivity index (χ1) is 14.8. The minimum atomic E-state index is -0.546. The Kier molecular flexibility index (Phi) is 5.43. The van der Waals surface area contributed by atoms with Crippen molar-refractivity contribution in [3.63, 3.8) is 0 Å².